The van der Waals surface area contributed by atoms with E-state index in [2.05, 4.69) is 4.74 Å². The van der Waals surface area contributed by atoms with Crippen LogP contribution in [0.3, 0.4) is 0 Å². The van der Waals surface area contributed by atoms with E-state index in [9.17, 15) is 22.8 Å². The SMILES string of the molecule is CC(=O)OC(=O)C(C)c1cc(F)c(F)cc1F. The molecule has 1 atom stereocenters. The number of halogens is 3. The van der Waals surface area contributed by atoms with Gasteiger partial charge in [-0.05, 0) is 13.0 Å². The molecule has 1 aromatic rings. The number of benzene rings is 1. The number of rotatable bonds is 2. The Hall–Kier alpha value is -1.85. The zero-order chi connectivity index (χ0) is 13.2. The van der Waals surface area contributed by atoms with Crippen molar-refractivity contribution in [3.63, 3.8) is 0 Å². The molecule has 0 N–H and O–H groups in total. The molecule has 0 heterocycles. The van der Waals surface area contributed by atoms with E-state index in [-0.39, 0.29) is 5.56 Å². The van der Waals surface area contributed by atoms with Gasteiger partial charge in [-0.2, -0.15) is 0 Å². The molecular weight excluding hydrogens is 237 g/mol. The molecule has 6 heteroatoms. The minimum Gasteiger partial charge on any atom is -0.393 e. The first-order chi connectivity index (χ1) is 7.82. The van der Waals surface area contributed by atoms with Gasteiger partial charge in [-0.15, -0.1) is 0 Å². The highest BCUT2D eigenvalue weighted by atomic mass is 19.2. The van der Waals surface area contributed by atoms with Crippen LogP contribution in [0.25, 0.3) is 0 Å². The van der Waals surface area contributed by atoms with Crippen LogP contribution in [-0.4, -0.2) is 11.9 Å². The summed E-state index contributed by atoms with van der Waals surface area (Å²) in [6.07, 6.45) is 0. The molecule has 0 aliphatic carbocycles. The predicted octanol–water partition coefficient (Wildman–Crippen LogP) is 2.30. The molecule has 0 saturated carbocycles. The lowest BCUT2D eigenvalue weighted by Crippen LogP contribution is -2.17. The Morgan fingerprint density at radius 1 is 1.12 bits per heavy atom. The van der Waals surface area contributed by atoms with Crippen molar-refractivity contribution in [2.24, 2.45) is 0 Å². The highest BCUT2D eigenvalue weighted by Gasteiger charge is 2.23. The van der Waals surface area contributed by atoms with Crippen molar-refractivity contribution < 1.29 is 27.5 Å². The number of carbonyl (C=O) groups excluding carboxylic acids is 2. The quantitative estimate of drug-likeness (QED) is 0.457. The van der Waals surface area contributed by atoms with E-state index in [0.29, 0.717) is 12.1 Å². The predicted molar refractivity (Wildman–Crippen MR) is 51.5 cm³/mol. The summed E-state index contributed by atoms with van der Waals surface area (Å²) in [4.78, 5) is 21.8. The smallest absolute Gasteiger partial charge is 0.320 e. The molecule has 0 aliphatic heterocycles. The fraction of sp³-hybridized carbons (Fsp3) is 0.273. The van der Waals surface area contributed by atoms with Gasteiger partial charge in [-0.1, -0.05) is 0 Å². The van der Waals surface area contributed by atoms with E-state index in [0.717, 1.165) is 6.92 Å². The summed E-state index contributed by atoms with van der Waals surface area (Å²) >= 11 is 0. The Labute approximate surface area is 95.2 Å². The van der Waals surface area contributed by atoms with Crippen molar-refractivity contribution in [1.29, 1.82) is 0 Å². The third-order valence-electron chi connectivity index (χ3n) is 2.10. The summed E-state index contributed by atoms with van der Waals surface area (Å²) in [5.41, 5.74) is -0.366. The molecule has 0 saturated heterocycles. The Bertz CT molecular complexity index is 471. The van der Waals surface area contributed by atoms with Gasteiger partial charge in [-0.3, -0.25) is 9.59 Å². The second kappa shape index (κ2) is 4.99. The van der Waals surface area contributed by atoms with Gasteiger partial charge < -0.3 is 4.74 Å². The van der Waals surface area contributed by atoms with Gasteiger partial charge in [0.25, 0.3) is 0 Å². The lowest BCUT2D eigenvalue weighted by molar-refractivity contribution is -0.158. The molecule has 92 valence electrons. The van der Waals surface area contributed by atoms with Crippen molar-refractivity contribution in [3.8, 4) is 0 Å². The van der Waals surface area contributed by atoms with E-state index in [1.165, 1.54) is 6.92 Å². The van der Waals surface area contributed by atoms with Gasteiger partial charge in [0, 0.05) is 18.6 Å². The van der Waals surface area contributed by atoms with Crippen molar-refractivity contribution in [2.45, 2.75) is 19.8 Å². The zero-order valence-electron chi connectivity index (χ0n) is 9.09. The third-order valence-corrected chi connectivity index (χ3v) is 2.10. The molecule has 1 aromatic carbocycles. The fourth-order valence-corrected chi connectivity index (χ4v) is 1.23. The summed E-state index contributed by atoms with van der Waals surface area (Å²) in [6.45, 7) is 2.23. The highest BCUT2D eigenvalue weighted by Crippen LogP contribution is 2.23. The summed E-state index contributed by atoms with van der Waals surface area (Å²) in [6, 6.07) is 0.902. The van der Waals surface area contributed by atoms with E-state index in [4.69, 9.17) is 0 Å². The van der Waals surface area contributed by atoms with Crippen molar-refractivity contribution in [3.05, 3.63) is 35.1 Å². The summed E-state index contributed by atoms with van der Waals surface area (Å²) in [5, 5.41) is 0. The van der Waals surface area contributed by atoms with Crippen molar-refractivity contribution in [2.75, 3.05) is 0 Å². The molecule has 0 amide bonds. The minimum absolute atomic E-state index is 0.336. The first-order valence-electron chi connectivity index (χ1n) is 4.69. The first kappa shape index (κ1) is 13.2. The lowest BCUT2D eigenvalue weighted by atomic mass is 10.0. The molecular formula is C11H9F3O3. The molecule has 1 rings (SSSR count). The topological polar surface area (TPSA) is 43.4 Å². The normalized spacial score (nSPS) is 12.1. The van der Waals surface area contributed by atoms with E-state index >= 15 is 0 Å². The number of carbonyl (C=O) groups is 2. The average molecular weight is 246 g/mol. The molecule has 3 nitrogen and oxygen atoms in total. The largest absolute Gasteiger partial charge is 0.393 e. The maximum atomic E-state index is 13.3. The summed E-state index contributed by atoms with van der Waals surface area (Å²) < 4.78 is 43.0. The standard InChI is InChI=1S/C11H9F3O3/c1-5(11(16)17-6(2)15)7-3-9(13)10(14)4-8(7)12/h3-5H,1-2H3. The molecule has 0 aromatic heterocycles. The molecule has 0 radical (unpaired) electrons. The Morgan fingerprint density at radius 2 is 1.65 bits per heavy atom. The van der Waals surface area contributed by atoms with Crippen molar-refractivity contribution >= 4 is 11.9 Å². The van der Waals surface area contributed by atoms with E-state index in [1.807, 2.05) is 0 Å². The molecule has 0 bridgehead atoms. The Morgan fingerprint density at radius 3 is 2.18 bits per heavy atom. The van der Waals surface area contributed by atoms with Crippen LogP contribution in [0.1, 0.15) is 25.3 Å². The highest BCUT2D eigenvalue weighted by molar-refractivity contribution is 5.88. The fourth-order valence-electron chi connectivity index (χ4n) is 1.23. The number of hydrogen-bond acceptors (Lipinski definition) is 3. The van der Waals surface area contributed by atoms with Gasteiger partial charge in [0.2, 0.25) is 0 Å². The van der Waals surface area contributed by atoms with Crippen LogP contribution in [0.5, 0.6) is 0 Å². The first-order valence-corrected chi connectivity index (χ1v) is 4.69. The molecule has 17 heavy (non-hydrogen) atoms. The monoisotopic (exact) mass is 246 g/mol. The molecule has 0 fully saturated rings. The van der Waals surface area contributed by atoms with Gasteiger partial charge >= 0.3 is 11.9 Å². The number of esters is 2. The van der Waals surface area contributed by atoms with Crippen LogP contribution < -0.4 is 0 Å². The maximum absolute atomic E-state index is 13.3. The van der Waals surface area contributed by atoms with Crippen LogP contribution in [0.4, 0.5) is 13.2 Å². The molecule has 0 spiro atoms. The van der Waals surface area contributed by atoms with Crippen LogP contribution >= 0.6 is 0 Å². The lowest BCUT2D eigenvalue weighted by Gasteiger charge is -2.11. The summed E-state index contributed by atoms with van der Waals surface area (Å²) in [7, 11) is 0. The molecule has 0 aliphatic rings. The third kappa shape index (κ3) is 3.05. The second-order valence-electron chi connectivity index (χ2n) is 3.42. The summed E-state index contributed by atoms with van der Waals surface area (Å²) in [5.74, 6) is -6.78. The zero-order valence-corrected chi connectivity index (χ0v) is 9.09. The van der Waals surface area contributed by atoms with Gasteiger partial charge in [0.05, 0.1) is 5.92 Å². The van der Waals surface area contributed by atoms with E-state index < -0.39 is 35.3 Å². The van der Waals surface area contributed by atoms with Crippen LogP contribution in [-0.2, 0) is 14.3 Å². The number of ether oxygens (including phenoxy) is 1. The van der Waals surface area contributed by atoms with Gasteiger partial charge in [0.1, 0.15) is 5.82 Å². The Balaban J connectivity index is 3.04. The average Bonchev–Trinajstić information content (AvgIpc) is 2.21. The van der Waals surface area contributed by atoms with Crippen LogP contribution in [0.15, 0.2) is 12.1 Å². The van der Waals surface area contributed by atoms with Crippen LogP contribution in [0.2, 0.25) is 0 Å². The van der Waals surface area contributed by atoms with Crippen molar-refractivity contribution in [1.82, 2.24) is 0 Å². The second-order valence-corrected chi connectivity index (χ2v) is 3.42. The molecule has 1 unspecified atom stereocenters. The Kier molecular flexibility index (Phi) is 3.88. The maximum Gasteiger partial charge on any atom is 0.320 e. The number of hydrogen-bond donors (Lipinski definition) is 0. The van der Waals surface area contributed by atoms with Crippen LogP contribution in [0, 0.1) is 17.5 Å². The van der Waals surface area contributed by atoms with E-state index in [1.54, 1.807) is 0 Å². The van der Waals surface area contributed by atoms with Gasteiger partial charge in [0.15, 0.2) is 11.6 Å². The van der Waals surface area contributed by atoms with Gasteiger partial charge in [-0.25, -0.2) is 13.2 Å². The minimum atomic E-state index is -1.35.